The topological polar surface area (TPSA) is 20.2 Å². The van der Waals surface area contributed by atoms with Crippen LogP contribution in [0.25, 0.3) is 0 Å². The van der Waals surface area contributed by atoms with Crippen LogP contribution < -0.4 is 0 Å². The minimum Gasteiger partial charge on any atom is -0.392 e. The van der Waals surface area contributed by atoms with E-state index in [9.17, 15) is 0 Å². The van der Waals surface area contributed by atoms with Crippen molar-refractivity contribution in [1.82, 2.24) is 0 Å². The fourth-order valence-corrected chi connectivity index (χ4v) is 1.12. The number of hydrogen-bond acceptors (Lipinski definition) is 1. The summed E-state index contributed by atoms with van der Waals surface area (Å²) < 4.78 is 0. The van der Waals surface area contributed by atoms with E-state index >= 15 is 0 Å². The maximum Gasteiger partial charge on any atom is 0.0681 e. The van der Waals surface area contributed by atoms with Crippen molar-refractivity contribution in [3.05, 3.63) is 35.4 Å². The molecule has 74 valence electrons. The van der Waals surface area contributed by atoms with E-state index in [1.807, 2.05) is 24.3 Å². The van der Waals surface area contributed by atoms with Crippen LogP contribution in [0.5, 0.6) is 0 Å². The molecular weight excluding hydrogens is 172 g/mol. The molecule has 1 N–H and O–H groups in total. The van der Waals surface area contributed by atoms with Gasteiger partial charge in [-0.05, 0) is 24.1 Å². The van der Waals surface area contributed by atoms with Crippen LogP contribution in [0.4, 0.5) is 0 Å². The van der Waals surface area contributed by atoms with Crippen LogP contribution in [0.15, 0.2) is 24.3 Å². The highest BCUT2D eigenvalue weighted by atomic mass is 16.3. The van der Waals surface area contributed by atoms with Gasteiger partial charge in [-0.3, -0.25) is 0 Å². The van der Waals surface area contributed by atoms with Gasteiger partial charge in [0.25, 0.3) is 0 Å². The van der Waals surface area contributed by atoms with Gasteiger partial charge < -0.3 is 5.11 Å². The molecule has 0 amide bonds. The molecule has 0 saturated carbocycles. The van der Waals surface area contributed by atoms with Crippen LogP contribution in [0, 0.1) is 11.8 Å². The van der Waals surface area contributed by atoms with E-state index < -0.39 is 0 Å². The summed E-state index contributed by atoms with van der Waals surface area (Å²) in [5.74, 6) is 6.23. The van der Waals surface area contributed by atoms with E-state index in [-0.39, 0.29) is 6.61 Å². The summed E-state index contributed by atoms with van der Waals surface area (Å²) >= 11 is 0. The van der Waals surface area contributed by atoms with Gasteiger partial charge in [0.15, 0.2) is 0 Å². The first kappa shape index (κ1) is 10.8. The number of aliphatic hydroxyl groups excluding tert-OH is 1. The van der Waals surface area contributed by atoms with E-state index in [4.69, 9.17) is 5.11 Å². The molecule has 0 bridgehead atoms. The largest absolute Gasteiger partial charge is 0.392 e. The smallest absolute Gasteiger partial charge is 0.0681 e. The van der Waals surface area contributed by atoms with Crippen molar-refractivity contribution in [2.75, 3.05) is 0 Å². The molecule has 1 heteroatoms. The lowest BCUT2D eigenvalue weighted by Gasteiger charge is -1.94. The minimum atomic E-state index is 0.101. The molecule has 0 saturated heterocycles. The van der Waals surface area contributed by atoms with Gasteiger partial charge in [0.1, 0.15) is 0 Å². The molecule has 1 nitrogen and oxygen atoms in total. The highest BCUT2D eigenvalue weighted by molar-refractivity contribution is 5.35. The lowest BCUT2D eigenvalue weighted by Crippen LogP contribution is -1.82. The van der Waals surface area contributed by atoms with Gasteiger partial charge in [0.05, 0.1) is 6.61 Å². The second-order valence-electron chi connectivity index (χ2n) is 3.26. The fraction of sp³-hybridized carbons (Fsp3) is 0.385. The molecule has 1 aromatic rings. The average molecular weight is 188 g/mol. The van der Waals surface area contributed by atoms with Crippen LogP contribution in [-0.2, 0) is 6.61 Å². The van der Waals surface area contributed by atoms with Crippen molar-refractivity contribution in [1.29, 1.82) is 0 Å². The van der Waals surface area contributed by atoms with Crippen molar-refractivity contribution < 1.29 is 5.11 Å². The number of rotatable bonds is 3. The van der Waals surface area contributed by atoms with Crippen LogP contribution in [-0.4, -0.2) is 5.11 Å². The second-order valence-corrected chi connectivity index (χ2v) is 3.26. The first-order valence-electron chi connectivity index (χ1n) is 5.05. The SMILES string of the molecule is CCCCC#Cc1ccc(CO)cc1. The fourth-order valence-electron chi connectivity index (χ4n) is 1.12. The third-order valence-corrected chi connectivity index (χ3v) is 2.02. The summed E-state index contributed by atoms with van der Waals surface area (Å²) in [6.45, 7) is 2.27. The van der Waals surface area contributed by atoms with Crippen molar-refractivity contribution in [3.63, 3.8) is 0 Å². The highest BCUT2D eigenvalue weighted by Gasteiger charge is 1.88. The maximum atomic E-state index is 8.84. The molecule has 0 atom stereocenters. The molecule has 0 aliphatic heterocycles. The van der Waals surface area contributed by atoms with Crippen molar-refractivity contribution in [2.45, 2.75) is 32.8 Å². The third-order valence-electron chi connectivity index (χ3n) is 2.02. The van der Waals surface area contributed by atoms with E-state index in [2.05, 4.69) is 18.8 Å². The zero-order valence-corrected chi connectivity index (χ0v) is 8.59. The molecule has 0 unspecified atom stereocenters. The monoisotopic (exact) mass is 188 g/mol. The number of hydrogen-bond donors (Lipinski definition) is 1. The highest BCUT2D eigenvalue weighted by Crippen LogP contribution is 2.03. The summed E-state index contributed by atoms with van der Waals surface area (Å²) in [5.41, 5.74) is 1.96. The van der Waals surface area contributed by atoms with Gasteiger partial charge in [-0.1, -0.05) is 37.3 Å². The molecule has 0 heterocycles. The Kier molecular flexibility index (Phi) is 4.82. The van der Waals surface area contributed by atoms with Crippen molar-refractivity contribution >= 4 is 0 Å². The molecule has 1 aromatic carbocycles. The van der Waals surface area contributed by atoms with E-state index in [1.54, 1.807) is 0 Å². The van der Waals surface area contributed by atoms with Gasteiger partial charge in [-0.25, -0.2) is 0 Å². The number of aliphatic hydroxyl groups is 1. The van der Waals surface area contributed by atoms with Crippen LogP contribution >= 0.6 is 0 Å². The predicted octanol–water partition coefficient (Wildman–Crippen LogP) is 2.72. The Morgan fingerprint density at radius 3 is 2.50 bits per heavy atom. The second kappa shape index (κ2) is 6.23. The van der Waals surface area contributed by atoms with E-state index in [0.717, 1.165) is 17.5 Å². The quantitative estimate of drug-likeness (QED) is 0.571. The molecule has 0 spiro atoms. The van der Waals surface area contributed by atoms with Gasteiger partial charge in [0.2, 0.25) is 0 Å². The van der Waals surface area contributed by atoms with Crippen LogP contribution in [0.3, 0.4) is 0 Å². The molecule has 0 aliphatic carbocycles. The first-order valence-corrected chi connectivity index (χ1v) is 5.05. The Morgan fingerprint density at radius 2 is 1.93 bits per heavy atom. The van der Waals surface area contributed by atoms with E-state index in [0.29, 0.717) is 0 Å². The first-order chi connectivity index (χ1) is 6.86. The van der Waals surface area contributed by atoms with Gasteiger partial charge in [-0.15, -0.1) is 0 Å². The molecule has 0 fully saturated rings. The lowest BCUT2D eigenvalue weighted by molar-refractivity contribution is 0.282. The number of benzene rings is 1. The lowest BCUT2D eigenvalue weighted by atomic mass is 10.1. The predicted molar refractivity (Wildman–Crippen MR) is 58.8 cm³/mol. The minimum absolute atomic E-state index is 0.101. The molecule has 0 aromatic heterocycles. The standard InChI is InChI=1S/C13H16O/c1-2-3-4-5-6-12-7-9-13(11-14)10-8-12/h7-10,14H,2-4,11H2,1H3. The Hall–Kier alpha value is -1.26. The van der Waals surface area contributed by atoms with Gasteiger partial charge in [-0.2, -0.15) is 0 Å². The molecular formula is C13H16O. The molecule has 14 heavy (non-hydrogen) atoms. The summed E-state index contributed by atoms with van der Waals surface area (Å²) in [6, 6.07) is 7.71. The molecule has 0 radical (unpaired) electrons. The zero-order chi connectivity index (χ0) is 10.2. The third kappa shape index (κ3) is 3.64. The van der Waals surface area contributed by atoms with E-state index in [1.165, 1.54) is 12.8 Å². The van der Waals surface area contributed by atoms with Gasteiger partial charge in [0, 0.05) is 12.0 Å². The zero-order valence-electron chi connectivity index (χ0n) is 8.59. The summed E-state index contributed by atoms with van der Waals surface area (Å²) in [5, 5.41) is 8.84. The Morgan fingerprint density at radius 1 is 1.21 bits per heavy atom. The normalized spacial score (nSPS) is 9.29. The summed E-state index contributed by atoms with van der Waals surface area (Å²) in [4.78, 5) is 0. The Balaban J connectivity index is 2.53. The average Bonchev–Trinajstić information content (AvgIpc) is 2.25. The van der Waals surface area contributed by atoms with Crippen LogP contribution in [0.2, 0.25) is 0 Å². The van der Waals surface area contributed by atoms with Crippen molar-refractivity contribution in [2.24, 2.45) is 0 Å². The number of unbranched alkanes of at least 4 members (excludes halogenated alkanes) is 2. The van der Waals surface area contributed by atoms with Crippen molar-refractivity contribution in [3.8, 4) is 11.8 Å². The van der Waals surface area contributed by atoms with Crippen LogP contribution in [0.1, 0.15) is 37.3 Å². The van der Waals surface area contributed by atoms with Gasteiger partial charge >= 0.3 is 0 Å². The summed E-state index contributed by atoms with van der Waals surface area (Å²) in [6.07, 6.45) is 3.33. The maximum absolute atomic E-state index is 8.84. The molecule has 1 rings (SSSR count). The Labute approximate surface area is 85.8 Å². The molecule has 0 aliphatic rings. The summed E-state index contributed by atoms with van der Waals surface area (Å²) in [7, 11) is 0. The Bertz CT molecular complexity index is 313.